The molecule has 116 valence electrons. The molecule has 0 saturated heterocycles. The third-order valence-electron chi connectivity index (χ3n) is 4.81. The summed E-state index contributed by atoms with van der Waals surface area (Å²) in [6.45, 7) is 0. The molecule has 2 N–H and O–H groups in total. The van der Waals surface area contributed by atoms with Gasteiger partial charge in [0.1, 0.15) is 5.65 Å². The monoisotopic (exact) mass is 311 g/mol. The summed E-state index contributed by atoms with van der Waals surface area (Å²) in [6.07, 6.45) is 4.93. The van der Waals surface area contributed by atoms with E-state index in [1.165, 1.54) is 33.3 Å². The lowest BCUT2D eigenvalue weighted by atomic mass is 9.97. The molecular weight excluding hydrogens is 294 g/mol. The molecule has 3 heterocycles. The number of nitrogens with one attached hydrogen (secondary N) is 2. The van der Waals surface area contributed by atoms with Crippen molar-refractivity contribution in [3.05, 3.63) is 84.2 Å². The van der Waals surface area contributed by atoms with E-state index >= 15 is 0 Å². The van der Waals surface area contributed by atoms with Gasteiger partial charge in [-0.15, -0.1) is 0 Å². The van der Waals surface area contributed by atoms with E-state index in [1.807, 2.05) is 6.20 Å². The van der Waals surface area contributed by atoms with Crippen LogP contribution in [0.15, 0.2) is 73.1 Å². The molecule has 5 rings (SSSR count). The van der Waals surface area contributed by atoms with Gasteiger partial charge in [-0.2, -0.15) is 0 Å². The number of aromatic nitrogens is 2. The van der Waals surface area contributed by atoms with Gasteiger partial charge in [0, 0.05) is 34.6 Å². The van der Waals surface area contributed by atoms with Crippen molar-refractivity contribution < 1.29 is 0 Å². The predicted molar refractivity (Wildman–Crippen MR) is 98.0 cm³/mol. The van der Waals surface area contributed by atoms with Gasteiger partial charge in [-0.05, 0) is 29.7 Å². The van der Waals surface area contributed by atoms with Gasteiger partial charge >= 0.3 is 0 Å². The fraction of sp³-hybridized carbons (Fsp3) is 0.0952. The average Bonchev–Trinajstić information content (AvgIpc) is 3.01. The molecule has 3 heteroatoms. The van der Waals surface area contributed by atoms with Crippen molar-refractivity contribution in [3.8, 4) is 11.1 Å². The Morgan fingerprint density at radius 2 is 1.71 bits per heavy atom. The minimum Gasteiger partial charge on any atom is -0.377 e. The van der Waals surface area contributed by atoms with E-state index in [1.54, 1.807) is 0 Å². The van der Waals surface area contributed by atoms with Crippen LogP contribution in [-0.2, 0) is 6.42 Å². The first-order valence-electron chi connectivity index (χ1n) is 8.26. The van der Waals surface area contributed by atoms with Gasteiger partial charge < -0.3 is 10.3 Å². The van der Waals surface area contributed by atoms with Crippen LogP contribution in [0.2, 0.25) is 0 Å². The highest BCUT2D eigenvalue weighted by atomic mass is 14.9. The Morgan fingerprint density at radius 1 is 0.875 bits per heavy atom. The lowest BCUT2D eigenvalue weighted by Crippen LogP contribution is -2.12. The first kappa shape index (κ1) is 13.4. The molecule has 0 bridgehead atoms. The second-order valence-electron chi connectivity index (χ2n) is 6.26. The Balaban J connectivity index is 1.73. The number of hydrogen-bond acceptors (Lipinski definition) is 2. The maximum absolute atomic E-state index is 4.52. The minimum atomic E-state index is 0.216. The van der Waals surface area contributed by atoms with Crippen LogP contribution in [0.1, 0.15) is 17.2 Å². The number of rotatable bonds is 2. The van der Waals surface area contributed by atoms with Gasteiger partial charge in [0.15, 0.2) is 0 Å². The largest absolute Gasteiger partial charge is 0.377 e. The Labute approximate surface area is 140 Å². The third-order valence-corrected chi connectivity index (χ3v) is 4.81. The Bertz CT molecular complexity index is 1020. The lowest BCUT2D eigenvalue weighted by Gasteiger charge is -2.19. The van der Waals surface area contributed by atoms with E-state index < -0.39 is 0 Å². The van der Waals surface area contributed by atoms with Crippen LogP contribution in [-0.4, -0.2) is 9.97 Å². The van der Waals surface area contributed by atoms with Crippen molar-refractivity contribution >= 4 is 16.7 Å². The third kappa shape index (κ3) is 2.02. The molecule has 0 aliphatic carbocycles. The van der Waals surface area contributed by atoms with Gasteiger partial charge in [0.25, 0.3) is 0 Å². The van der Waals surface area contributed by atoms with Crippen LogP contribution in [0, 0.1) is 0 Å². The normalized spacial score (nSPS) is 15.6. The van der Waals surface area contributed by atoms with Crippen LogP contribution < -0.4 is 5.32 Å². The maximum atomic E-state index is 4.52. The van der Waals surface area contributed by atoms with Crippen molar-refractivity contribution in [2.45, 2.75) is 12.5 Å². The zero-order valence-corrected chi connectivity index (χ0v) is 13.2. The summed E-state index contributed by atoms with van der Waals surface area (Å²) in [5.74, 6) is 0. The molecule has 0 spiro atoms. The summed E-state index contributed by atoms with van der Waals surface area (Å²) >= 11 is 0. The molecule has 2 aromatic heterocycles. The molecule has 1 aliphatic rings. The smallest absolute Gasteiger partial charge is 0.138 e. The van der Waals surface area contributed by atoms with Crippen LogP contribution in [0.25, 0.3) is 22.2 Å². The summed E-state index contributed by atoms with van der Waals surface area (Å²) < 4.78 is 0. The van der Waals surface area contributed by atoms with E-state index in [9.17, 15) is 0 Å². The molecule has 3 nitrogen and oxygen atoms in total. The van der Waals surface area contributed by atoms with Gasteiger partial charge in [-0.1, -0.05) is 48.5 Å². The number of pyridine rings is 1. The maximum Gasteiger partial charge on any atom is 0.138 e. The average molecular weight is 311 g/mol. The molecule has 0 fully saturated rings. The first-order valence-corrected chi connectivity index (χ1v) is 8.26. The zero-order chi connectivity index (χ0) is 15.9. The van der Waals surface area contributed by atoms with Crippen molar-refractivity contribution in [2.75, 3.05) is 5.32 Å². The Morgan fingerprint density at radius 3 is 2.62 bits per heavy atom. The summed E-state index contributed by atoms with van der Waals surface area (Å²) in [5, 5.41) is 4.99. The number of anilines is 1. The van der Waals surface area contributed by atoms with Crippen molar-refractivity contribution in [2.24, 2.45) is 0 Å². The van der Waals surface area contributed by atoms with Crippen LogP contribution in [0.5, 0.6) is 0 Å². The van der Waals surface area contributed by atoms with Crippen molar-refractivity contribution in [1.29, 1.82) is 0 Å². The Kier molecular flexibility index (Phi) is 2.92. The number of aromatic amines is 1. The molecule has 0 saturated carbocycles. The molecule has 1 atom stereocenters. The number of nitrogens with zero attached hydrogens (tertiary/aromatic N) is 1. The van der Waals surface area contributed by atoms with E-state index in [0.717, 1.165) is 12.1 Å². The van der Waals surface area contributed by atoms with E-state index in [4.69, 9.17) is 0 Å². The highest BCUT2D eigenvalue weighted by Gasteiger charge is 2.24. The molecular formula is C21H17N3. The summed E-state index contributed by atoms with van der Waals surface area (Å²) in [7, 11) is 0. The minimum absolute atomic E-state index is 0.216. The molecule has 1 aliphatic heterocycles. The highest BCUT2D eigenvalue weighted by molar-refractivity contribution is 6.00. The van der Waals surface area contributed by atoms with Gasteiger partial charge in [0.2, 0.25) is 0 Å². The summed E-state index contributed by atoms with van der Waals surface area (Å²) in [4.78, 5) is 7.86. The highest BCUT2D eigenvalue weighted by Crippen LogP contribution is 2.42. The van der Waals surface area contributed by atoms with Gasteiger partial charge in [-0.25, -0.2) is 4.98 Å². The van der Waals surface area contributed by atoms with E-state index in [0.29, 0.717) is 0 Å². The van der Waals surface area contributed by atoms with Gasteiger partial charge in [0.05, 0.1) is 6.04 Å². The van der Waals surface area contributed by atoms with E-state index in [2.05, 4.69) is 82.1 Å². The van der Waals surface area contributed by atoms with Gasteiger partial charge in [-0.3, -0.25) is 0 Å². The standard InChI is InChI=1S/C21H17N3/c1-2-6-14(7-3-1)12-19-17-13-23-21-20(17)16(10-11-22-21)15-8-4-5-9-18(15)24-19/h1-11,13,19,24H,12H2,(H,22,23). The number of benzene rings is 2. The fourth-order valence-corrected chi connectivity index (χ4v) is 3.70. The van der Waals surface area contributed by atoms with Crippen LogP contribution in [0.4, 0.5) is 5.69 Å². The summed E-state index contributed by atoms with van der Waals surface area (Å²) in [6, 6.07) is 21.5. The van der Waals surface area contributed by atoms with Crippen molar-refractivity contribution in [1.82, 2.24) is 9.97 Å². The lowest BCUT2D eigenvalue weighted by molar-refractivity contribution is 0.784. The van der Waals surface area contributed by atoms with Crippen LogP contribution >= 0.6 is 0 Å². The number of hydrogen-bond donors (Lipinski definition) is 2. The summed E-state index contributed by atoms with van der Waals surface area (Å²) in [5.41, 5.74) is 7.24. The number of para-hydroxylation sites is 1. The second-order valence-corrected chi connectivity index (χ2v) is 6.26. The number of H-pyrrole nitrogens is 1. The quantitative estimate of drug-likeness (QED) is 0.550. The molecule has 1 unspecified atom stereocenters. The topological polar surface area (TPSA) is 40.7 Å². The first-order chi connectivity index (χ1) is 11.9. The zero-order valence-electron chi connectivity index (χ0n) is 13.2. The predicted octanol–water partition coefficient (Wildman–Crippen LogP) is 4.94. The molecule has 2 aromatic carbocycles. The second kappa shape index (κ2) is 5.24. The Hall–Kier alpha value is -3.07. The fourth-order valence-electron chi connectivity index (χ4n) is 3.70. The molecule has 24 heavy (non-hydrogen) atoms. The molecule has 0 amide bonds. The SMILES string of the molecule is c1ccc(CC2Nc3ccccc3-c3ccnc4[nH]cc2c34)cc1. The van der Waals surface area contributed by atoms with E-state index in [-0.39, 0.29) is 6.04 Å². The van der Waals surface area contributed by atoms with Crippen LogP contribution in [0.3, 0.4) is 0 Å². The van der Waals surface area contributed by atoms with Crippen molar-refractivity contribution in [3.63, 3.8) is 0 Å². The molecule has 4 aromatic rings. The number of fused-ring (bicyclic) bond motifs is 2. The molecule has 0 radical (unpaired) electrons.